The fourth-order valence-electron chi connectivity index (χ4n) is 3.71. The summed E-state index contributed by atoms with van der Waals surface area (Å²) in [4.78, 5) is 25.2. The van der Waals surface area contributed by atoms with Gasteiger partial charge in [-0.2, -0.15) is 9.44 Å². The van der Waals surface area contributed by atoms with E-state index in [4.69, 9.17) is 0 Å². The van der Waals surface area contributed by atoms with Crippen LogP contribution in [0, 0.1) is 11.8 Å². The molecule has 0 saturated heterocycles. The first-order valence-electron chi connectivity index (χ1n) is 11.6. The number of carbonyl (C=O) groups is 2. The highest BCUT2D eigenvalue weighted by atomic mass is 32.2. The van der Waals surface area contributed by atoms with Crippen molar-refractivity contribution in [3.63, 3.8) is 0 Å². The highest BCUT2D eigenvalue weighted by molar-refractivity contribution is 7.90. The molecule has 0 radical (unpaired) electrons. The van der Waals surface area contributed by atoms with E-state index in [9.17, 15) is 26.4 Å². The van der Waals surface area contributed by atoms with E-state index < -0.39 is 43.9 Å². The van der Waals surface area contributed by atoms with Crippen molar-refractivity contribution in [3.8, 4) is 0 Å². The summed E-state index contributed by atoms with van der Waals surface area (Å²) < 4.78 is 57.3. The number of nitrogens with one attached hydrogen (secondary N) is 4. The maximum atomic E-state index is 13.1. The van der Waals surface area contributed by atoms with Crippen molar-refractivity contribution in [2.75, 3.05) is 0 Å². The third-order valence-corrected chi connectivity index (χ3v) is 8.69. The molecule has 196 valence electrons. The molecule has 2 aromatic rings. The van der Waals surface area contributed by atoms with E-state index in [1.807, 2.05) is 0 Å². The minimum absolute atomic E-state index is 0.162. The zero-order valence-electron chi connectivity index (χ0n) is 20.6. The fourth-order valence-corrected chi connectivity index (χ4v) is 6.56. The summed E-state index contributed by atoms with van der Waals surface area (Å²) in [7, 11) is -8.51. The lowest BCUT2D eigenvalue weighted by molar-refractivity contribution is -0.124. The van der Waals surface area contributed by atoms with Gasteiger partial charge >= 0.3 is 0 Å². The van der Waals surface area contributed by atoms with E-state index in [-0.39, 0.29) is 34.7 Å². The molecule has 1 heterocycles. The molecule has 1 aliphatic heterocycles. The van der Waals surface area contributed by atoms with Crippen LogP contribution in [0.25, 0.3) is 0 Å². The number of rotatable bonds is 2. The SMILES string of the molecule is CC(C)C1NS(=O)(=O)c2cccc(c2)S(=O)(=O)N[C@@H](C(C)C)C(=O)NCc2cccc(c2)CNC1=O. The molecule has 10 nitrogen and oxygen atoms in total. The van der Waals surface area contributed by atoms with E-state index in [1.54, 1.807) is 52.0 Å². The van der Waals surface area contributed by atoms with E-state index in [2.05, 4.69) is 20.1 Å². The topological polar surface area (TPSA) is 151 Å². The number of fused-ring (bicyclic) bond motifs is 4. The number of carbonyl (C=O) groups excluding carboxylic acids is 2. The molecular formula is C24H32N4O6S2. The molecule has 2 atom stereocenters. The zero-order valence-corrected chi connectivity index (χ0v) is 22.2. The Bertz CT molecular complexity index is 1250. The van der Waals surface area contributed by atoms with Gasteiger partial charge in [0.05, 0.1) is 9.79 Å². The quantitative estimate of drug-likeness (QED) is 0.453. The van der Waals surface area contributed by atoms with Gasteiger partial charge in [-0.05, 0) is 41.2 Å². The van der Waals surface area contributed by atoms with Crippen LogP contribution in [0.3, 0.4) is 0 Å². The molecule has 4 N–H and O–H groups in total. The summed E-state index contributed by atoms with van der Waals surface area (Å²) in [6.07, 6.45) is 0. The van der Waals surface area contributed by atoms with Gasteiger partial charge in [0.2, 0.25) is 31.9 Å². The van der Waals surface area contributed by atoms with Gasteiger partial charge in [0.1, 0.15) is 12.1 Å². The van der Waals surface area contributed by atoms with Crippen LogP contribution in [0.2, 0.25) is 0 Å². The molecule has 3 rings (SSSR count). The Labute approximate surface area is 212 Å². The monoisotopic (exact) mass is 536 g/mol. The molecule has 0 spiro atoms. The normalized spacial score (nSPS) is 22.8. The molecule has 0 aliphatic carbocycles. The summed E-state index contributed by atoms with van der Waals surface area (Å²) in [6, 6.07) is 9.80. The maximum Gasteiger partial charge on any atom is 0.241 e. The molecule has 12 heteroatoms. The van der Waals surface area contributed by atoms with Crippen molar-refractivity contribution in [1.82, 2.24) is 20.1 Å². The molecule has 0 saturated carbocycles. The lowest BCUT2D eigenvalue weighted by Gasteiger charge is -2.23. The summed E-state index contributed by atoms with van der Waals surface area (Å²) in [6.45, 7) is 7.15. The Kier molecular flexibility index (Phi) is 8.55. The first kappa shape index (κ1) is 27.8. The number of amides is 2. The third-order valence-electron chi connectivity index (χ3n) is 5.81. The molecule has 0 fully saturated rings. The summed E-state index contributed by atoms with van der Waals surface area (Å²) in [5.74, 6) is -1.79. The maximum absolute atomic E-state index is 13.1. The van der Waals surface area contributed by atoms with Gasteiger partial charge in [-0.3, -0.25) is 9.59 Å². The minimum atomic E-state index is -4.25. The van der Waals surface area contributed by atoms with Gasteiger partial charge in [-0.1, -0.05) is 58.0 Å². The van der Waals surface area contributed by atoms with Crippen LogP contribution in [-0.2, 0) is 42.7 Å². The van der Waals surface area contributed by atoms with Crippen molar-refractivity contribution in [3.05, 3.63) is 59.7 Å². The van der Waals surface area contributed by atoms with Gasteiger partial charge in [0, 0.05) is 13.1 Å². The molecular weight excluding hydrogens is 504 g/mol. The third kappa shape index (κ3) is 6.69. The van der Waals surface area contributed by atoms with Crippen LogP contribution in [-0.4, -0.2) is 40.7 Å². The van der Waals surface area contributed by atoms with E-state index in [0.717, 1.165) is 17.2 Å². The van der Waals surface area contributed by atoms with Crippen LogP contribution in [0.5, 0.6) is 0 Å². The smallest absolute Gasteiger partial charge is 0.241 e. The van der Waals surface area contributed by atoms with E-state index >= 15 is 0 Å². The molecule has 0 aromatic heterocycles. The van der Waals surface area contributed by atoms with Gasteiger partial charge in [-0.25, -0.2) is 16.8 Å². The Morgan fingerprint density at radius 2 is 1.06 bits per heavy atom. The van der Waals surface area contributed by atoms with Crippen molar-refractivity contribution < 1.29 is 26.4 Å². The van der Waals surface area contributed by atoms with Gasteiger partial charge in [0.25, 0.3) is 0 Å². The van der Waals surface area contributed by atoms with Crippen molar-refractivity contribution >= 4 is 31.9 Å². The molecule has 4 bridgehead atoms. The lowest BCUT2D eigenvalue weighted by Crippen LogP contribution is -2.50. The van der Waals surface area contributed by atoms with Crippen molar-refractivity contribution in [2.24, 2.45) is 11.8 Å². The fraction of sp³-hybridized carbons (Fsp3) is 0.417. The lowest BCUT2D eigenvalue weighted by atomic mass is 10.0. The first-order chi connectivity index (χ1) is 16.8. The Balaban J connectivity index is 2.07. The number of hydrogen-bond acceptors (Lipinski definition) is 6. The highest BCUT2D eigenvalue weighted by Gasteiger charge is 2.31. The predicted molar refractivity (Wildman–Crippen MR) is 134 cm³/mol. The van der Waals surface area contributed by atoms with Crippen molar-refractivity contribution in [1.29, 1.82) is 0 Å². The van der Waals surface area contributed by atoms with Crippen LogP contribution in [0.4, 0.5) is 0 Å². The summed E-state index contributed by atoms with van der Waals surface area (Å²) in [5, 5.41) is 5.51. The van der Waals surface area contributed by atoms with Crippen LogP contribution in [0.15, 0.2) is 58.3 Å². The van der Waals surface area contributed by atoms with Gasteiger partial charge in [-0.15, -0.1) is 0 Å². The average molecular weight is 537 g/mol. The number of hydrogen-bond donors (Lipinski definition) is 4. The molecule has 1 unspecified atom stereocenters. The Morgan fingerprint density at radius 1 is 0.667 bits per heavy atom. The predicted octanol–water partition coefficient (Wildman–Crippen LogP) is 1.24. The van der Waals surface area contributed by atoms with Crippen LogP contribution >= 0.6 is 0 Å². The molecule has 1 aliphatic rings. The first-order valence-corrected chi connectivity index (χ1v) is 14.5. The van der Waals surface area contributed by atoms with Crippen LogP contribution in [0.1, 0.15) is 38.8 Å². The van der Waals surface area contributed by atoms with Gasteiger partial charge in [0.15, 0.2) is 0 Å². The molecule has 36 heavy (non-hydrogen) atoms. The minimum Gasteiger partial charge on any atom is -0.351 e. The number of sulfonamides is 2. The molecule has 2 aromatic carbocycles. The van der Waals surface area contributed by atoms with Crippen molar-refractivity contribution in [2.45, 2.75) is 62.7 Å². The molecule has 2 amide bonds. The largest absolute Gasteiger partial charge is 0.351 e. The number of benzene rings is 2. The zero-order chi connectivity index (χ0) is 26.7. The standard InChI is InChI=1S/C24H32N4O6S2/c1-15(2)21-23(29)25-13-17-7-5-8-18(11-17)14-26-24(30)22(16(3)4)28-36(33,34)20-10-6-9-19(12-20)35(31,32)27-21/h5-12,15-16,21-22,27-28H,13-14H2,1-4H3,(H,25,29)(H,26,30)/t21-,22?/m0/s1. The van der Waals surface area contributed by atoms with E-state index in [1.165, 1.54) is 18.2 Å². The van der Waals surface area contributed by atoms with Gasteiger partial charge < -0.3 is 10.6 Å². The second-order valence-corrected chi connectivity index (χ2v) is 12.8. The summed E-state index contributed by atoms with van der Waals surface area (Å²) in [5.41, 5.74) is 1.52. The average Bonchev–Trinajstić information content (AvgIpc) is 2.82. The Morgan fingerprint density at radius 3 is 1.44 bits per heavy atom. The second-order valence-electron chi connectivity index (χ2n) is 9.42. The second kappa shape index (κ2) is 11.1. The summed E-state index contributed by atoms with van der Waals surface area (Å²) >= 11 is 0. The Hall–Kier alpha value is -2.80. The van der Waals surface area contributed by atoms with E-state index in [0.29, 0.717) is 0 Å². The highest BCUT2D eigenvalue weighted by Crippen LogP contribution is 2.19. The van der Waals surface area contributed by atoms with Crippen LogP contribution < -0.4 is 20.1 Å².